The van der Waals surface area contributed by atoms with Gasteiger partial charge in [0.05, 0.1) is 12.1 Å². The Morgan fingerprint density at radius 2 is 2.00 bits per heavy atom. The van der Waals surface area contributed by atoms with Crippen LogP contribution in [0.4, 0.5) is 0 Å². The largest absolute Gasteiger partial charge is 0.380 e. The summed E-state index contributed by atoms with van der Waals surface area (Å²) < 4.78 is 5.33. The van der Waals surface area contributed by atoms with Crippen LogP contribution in [0.15, 0.2) is 30.3 Å². The molecule has 1 aromatic rings. The zero-order chi connectivity index (χ0) is 16.1. The second kappa shape index (κ2) is 8.84. The number of carbonyl (C=O) groups excluding carboxylic acids is 1. The number of hydrogen-bond acceptors (Lipinski definition) is 3. The zero-order valence-electron chi connectivity index (χ0n) is 14.4. The first-order chi connectivity index (χ1) is 11.2. The summed E-state index contributed by atoms with van der Waals surface area (Å²) in [6, 6.07) is 10.6. The summed E-state index contributed by atoms with van der Waals surface area (Å²) >= 11 is 0. The molecule has 1 saturated carbocycles. The van der Waals surface area contributed by atoms with Gasteiger partial charge in [-0.25, -0.2) is 0 Å². The van der Waals surface area contributed by atoms with Crippen LogP contribution >= 0.6 is 12.4 Å². The van der Waals surface area contributed by atoms with Crippen molar-refractivity contribution in [2.45, 2.75) is 50.7 Å². The molecule has 5 heteroatoms. The zero-order valence-corrected chi connectivity index (χ0v) is 15.2. The van der Waals surface area contributed by atoms with E-state index in [1.165, 1.54) is 31.2 Å². The minimum absolute atomic E-state index is 0. The van der Waals surface area contributed by atoms with Crippen molar-refractivity contribution in [3.8, 4) is 0 Å². The number of benzene rings is 1. The van der Waals surface area contributed by atoms with E-state index in [4.69, 9.17) is 4.74 Å². The van der Waals surface area contributed by atoms with Gasteiger partial charge in [-0.15, -0.1) is 12.4 Å². The van der Waals surface area contributed by atoms with E-state index in [1.807, 2.05) is 0 Å². The smallest absolute Gasteiger partial charge is 0.237 e. The van der Waals surface area contributed by atoms with E-state index in [9.17, 15) is 4.79 Å². The Kier molecular flexibility index (Phi) is 7.08. The van der Waals surface area contributed by atoms with Gasteiger partial charge in [0.2, 0.25) is 5.91 Å². The first-order valence-corrected chi connectivity index (χ1v) is 8.79. The molecule has 2 aliphatic rings. The molecule has 0 spiro atoms. The summed E-state index contributed by atoms with van der Waals surface area (Å²) in [6.45, 7) is 1.56. The Balaban J connectivity index is 0.00000208. The molecular formula is C19H29ClN2O2. The van der Waals surface area contributed by atoms with Gasteiger partial charge in [0.15, 0.2) is 0 Å². The Morgan fingerprint density at radius 3 is 2.62 bits per heavy atom. The van der Waals surface area contributed by atoms with Crippen LogP contribution in [0.25, 0.3) is 0 Å². The summed E-state index contributed by atoms with van der Waals surface area (Å²) in [5.41, 5.74) is 1.61. The first-order valence-electron chi connectivity index (χ1n) is 8.79. The van der Waals surface area contributed by atoms with Gasteiger partial charge in [0.1, 0.15) is 0 Å². The van der Waals surface area contributed by atoms with Crippen LogP contribution in [0, 0.1) is 5.41 Å². The number of ether oxygens (including phenoxy) is 1. The molecule has 3 rings (SSSR count). The Hall–Kier alpha value is -1.10. The van der Waals surface area contributed by atoms with E-state index in [0.29, 0.717) is 0 Å². The quantitative estimate of drug-likeness (QED) is 0.827. The van der Waals surface area contributed by atoms with E-state index < -0.39 is 0 Å². The lowest BCUT2D eigenvalue weighted by atomic mass is 9.80. The fourth-order valence-corrected chi connectivity index (χ4v) is 4.05. The van der Waals surface area contributed by atoms with Crippen molar-refractivity contribution in [1.29, 1.82) is 0 Å². The van der Waals surface area contributed by atoms with Gasteiger partial charge in [0, 0.05) is 20.2 Å². The fraction of sp³-hybridized carbons (Fsp3) is 0.632. The molecular weight excluding hydrogens is 324 g/mol. The third kappa shape index (κ3) is 4.71. The van der Waals surface area contributed by atoms with Gasteiger partial charge in [0.25, 0.3) is 0 Å². The number of carbonyl (C=O) groups is 1. The van der Waals surface area contributed by atoms with Crippen LogP contribution in [0.3, 0.4) is 0 Å². The SMILES string of the molecule is CO[C@@H]1CN[C@@H](C(=O)NCC2(Cc3ccccc3)CCCC2)C1.Cl. The molecule has 0 bridgehead atoms. The molecule has 4 nitrogen and oxygen atoms in total. The predicted molar refractivity (Wildman–Crippen MR) is 98.5 cm³/mol. The van der Waals surface area contributed by atoms with Crippen molar-refractivity contribution >= 4 is 18.3 Å². The number of methoxy groups -OCH3 is 1. The third-order valence-corrected chi connectivity index (χ3v) is 5.46. The van der Waals surface area contributed by atoms with E-state index in [1.54, 1.807) is 7.11 Å². The summed E-state index contributed by atoms with van der Waals surface area (Å²) in [7, 11) is 1.71. The van der Waals surface area contributed by atoms with Crippen molar-refractivity contribution < 1.29 is 9.53 Å². The highest BCUT2D eigenvalue weighted by Crippen LogP contribution is 2.40. The molecule has 24 heavy (non-hydrogen) atoms. The van der Waals surface area contributed by atoms with E-state index in [2.05, 4.69) is 41.0 Å². The minimum Gasteiger partial charge on any atom is -0.380 e. The average Bonchev–Trinajstić information content (AvgIpc) is 3.23. The normalized spacial score (nSPS) is 25.2. The molecule has 2 atom stereocenters. The molecule has 2 fully saturated rings. The monoisotopic (exact) mass is 352 g/mol. The molecule has 1 amide bonds. The van der Waals surface area contributed by atoms with Crippen molar-refractivity contribution in [1.82, 2.24) is 10.6 Å². The van der Waals surface area contributed by atoms with Crippen molar-refractivity contribution in [3.63, 3.8) is 0 Å². The summed E-state index contributed by atoms with van der Waals surface area (Å²) in [4.78, 5) is 12.4. The minimum atomic E-state index is -0.102. The van der Waals surface area contributed by atoms with Crippen LogP contribution in [0.1, 0.15) is 37.7 Å². The predicted octanol–water partition coefficient (Wildman–Crippen LogP) is 2.70. The van der Waals surface area contributed by atoms with Crippen molar-refractivity contribution in [2.75, 3.05) is 20.2 Å². The molecule has 1 heterocycles. The highest BCUT2D eigenvalue weighted by Gasteiger charge is 2.36. The molecule has 1 aliphatic heterocycles. The van der Waals surface area contributed by atoms with Crippen LogP contribution in [0.2, 0.25) is 0 Å². The van der Waals surface area contributed by atoms with Gasteiger partial charge in [-0.1, -0.05) is 43.2 Å². The maximum absolute atomic E-state index is 12.4. The molecule has 1 aromatic carbocycles. The Bertz CT molecular complexity index is 517. The van der Waals surface area contributed by atoms with Crippen LogP contribution in [-0.4, -0.2) is 38.3 Å². The highest BCUT2D eigenvalue weighted by atomic mass is 35.5. The second-order valence-electron chi connectivity index (χ2n) is 7.14. The summed E-state index contributed by atoms with van der Waals surface area (Å²) in [6.07, 6.45) is 6.96. The van der Waals surface area contributed by atoms with E-state index in [0.717, 1.165) is 25.9 Å². The van der Waals surface area contributed by atoms with E-state index in [-0.39, 0.29) is 35.9 Å². The average molecular weight is 353 g/mol. The lowest BCUT2D eigenvalue weighted by Crippen LogP contribution is -2.45. The summed E-state index contributed by atoms with van der Waals surface area (Å²) in [5, 5.41) is 6.47. The van der Waals surface area contributed by atoms with Gasteiger partial charge in [-0.2, -0.15) is 0 Å². The molecule has 134 valence electrons. The van der Waals surface area contributed by atoms with Gasteiger partial charge >= 0.3 is 0 Å². The topological polar surface area (TPSA) is 50.4 Å². The highest BCUT2D eigenvalue weighted by molar-refractivity contribution is 5.85. The van der Waals surface area contributed by atoms with Gasteiger partial charge in [-0.3, -0.25) is 4.79 Å². The Morgan fingerprint density at radius 1 is 1.29 bits per heavy atom. The maximum Gasteiger partial charge on any atom is 0.237 e. The molecule has 2 N–H and O–H groups in total. The van der Waals surface area contributed by atoms with Gasteiger partial charge < -0.3 is 15.4 Å². The molecule has 0 unspecified atom stereocenters. The lowest BCUT2D eigenvalue weighted by Gasteiger charge is -2.30. The third-order valence-electron chi connectivity index (χ3n) is 5.46. The second-order valence-corrected chi connectivity index (χ2v) is 7.14. The first kappa shape index (κ1) is 19.2. The number of amides is 1. The number of hydrogen-bond donors (Lipinski definition) is 2. The summed E-state index contributed by atoms with van der Waals surface area (Å²) in [5.74, 6) is 0.129. The van der Waals surface area contributed by atoms with Gasteiger partial charge in [-0.05, 0) is 36.7 Å². The standard InChI is InChI=1S/C19H28N2O2.ClH/c1-23-16-11-17(20-13-16)18(22)21-14-19(9-5-6-10-19)12-15-7-3-2-4-8-15;/h2-4,7-8,16-17,20H,5-6,9-14H2,1H3,(H,21,22);1H/t16-,17+;/m0./s1. The molecule has 1 saturated heterocycles. The molecule has 0 radical (unpaired) electrons. The fourth-order valence-electron chi connectivity index (χ4n) is 4.05. The van der Waals surface area contributed by atoms with Crippen molar-refractivity contribution in [2.24, 2.45) is 5.41 Å². The molecule has 0 aromatic heterocycles. The van der Waals surface area contributed by atoms with E-state index >= 15 is 0 Å². The maximum atomic E-state index is 12.4. The number of nitrogens with one attached hydrogen (secondary N) is 2. The van der Waals surface area contributed by atoms with Crippen molar-refractivity contribution in [3.05, 3.63) is 35.9 Å². The van der Waals surface area contributed by atoms with Crippen LogP contribution in [-0.2, 0) is 16.0 Å². The van der Waals surface area contributed by atoms with Crippen LogP contribution < -0.4 is 10.6 Å². The van der Waals surface area contributed by atoms with Crippen LogP contribution in [0.5, 0.6) is 0 Å². The number of rotatable bonds is 6. The number of halogens is 1. The molecule has 1 aliphatic carbocycles. The lowest BCUT2D eigenvalue weighted by molar-refractivity contribution is -0.123. The Labute approximate surface area is 151 Å².